The van der Waals surface area contributed by atoms with Crippen molar-refractivity contribution in [3.8, 4) is 11.5 Å². The fraction of sp³-hybridized carbons (Fsp3) is 0.133. The third kappa shape index (κ3) is 3.00. The van der Waals surface area contributed by atoms with Gasteiger partial charge in [0.05, 0.1) is 16.1 Å². The Morgan fingerprint density at radius 1 is 1.19 bits per heavy atom. The quantitative estimate of drug-likeness (QED) is 0.684. The lowest BCUT2D eigenvalue weighted by atomic mass is 10.1. The van der Waals surface area contributed by atoms with Crippen LogP contribution in [0.1, 0.15) is 21.5 Å². The molecule has 0 aromatic heterocycles. The van der Waals surface area contributed by atoms with E-state index in [0.717, 1.165) is 0 Å². The van der Waals surface area contributed by atoms with Crippen LogP contribution >= 0.6 is 0 Å². The van der Waals surface area contributed by atoms with E-state index in [1.54, 1.807) is 26.0 Å². The van der Waals surface area contributed by atoms with Crippen LogP contribution in [0.5, 0.6) is 11.5 Å². The third-order valence-electron chi connectivity index (χ3n) is 3.09. The summed E-state index contributed by atoms with van der Waals surface area (Å²) in [5.74, 6) is -0.185. The maximum atomic E-state index is 10.9. The second-order valence-electron chi connectivity index (χ2n) is 4.54. The molecule has 0 aliphatic rings. The van der Waals surface area contributed by atoms with Crippen LogP contribution in [0.2, 0.25) is 0 Å². The summed E-state index contributed by atoms with van der Waals surface area (Å²) in [5, 5.41) is 19.8. The maximum absolute atomic E-state index is 10.9. The second-order valence-corrected chi connectivity index (χ2v) is 4.54. The summed E-state index contributed by atoms with van der Waals surface area (Å²) in [6.45, 7) is 3.32. The van der Waals surface area contributed by atoms with Crippen molar-refractivity contribution in [2.45, 2.75) is 13.8 Å². The van der Waals surface area contributed by atoms with Crippen LogP contribution in [0.15, 0.2) is 36.4 Å². The molecule has 0 spiro atoms. The molecule has 0 amide bonds. The number of aromatic carboxylic acids is 1. The zero-order chi connectivity index (χ0) is 15.6. The van der Waals surface area contributed by atoms with Gasteiger partial charge >= 0.3 is 5.97 Å². The zero-order valence-electron chi connectivity index (χ0n) is 11.5. The Hall–Kier alpha value is -2.89. The molecule has 1 N–H and O–H groups in total. The molecule has 108 valence electrons. The normalized spacial score (nSPS) is 10.2. The average Bonchev–Trinajstić information content (AvgIpc) is 2.42. The van der Waals surface area contributed by atoms with E-state index in [1.807, 2.05) is 0 Å². The minimum atomic E-state index is -1.02. The van der Waals surface area contributed by atoms with Gasteiger partial charge in [0, 0.05) is 6.07 Å². The smallest absolute Gasteiger partial charge is 0.335 e. The molecule has 0 unspecified atom stereocenters. The first kappa shape index (κ1) is 14.5. The number of hydrogen-bond donors (Lipinski definition) is 1. The Labute approximate surface area is 120 Å². The van der Waals surface area contributed by atoms with Crippen molar-refractivity contribution in [3.05, 3.63) is 63.2 Å². The van der Waals surface area contributed by atoms with Gasteiger partial charge in [-0.05, 0) is 43.7 Å². The molecule has 21 heavy (non-hydrogen) atoms. The molecule has 0 saturated carbocycles. The van der Waals surface area contributed by atoms with E-state index in [1.165, 1.54) is 24.3 Å². The van der Waals surface area contributed by atoms with Crippen molar-refractivity contribution in [2.75, 3.05) is 0 Å². The molecule has 0 radical (unpaired) electrons. The highest BCUT2D eigenvalue weighted by Gasteiger charge is 2.15. The van der Waals surface area contributed by atoms with Gasteiger partial charge < -0.3 is 9.84 Å². The summed E-state index contributed by atoms with van der Waals surface area (Å²) < 4.78 is 5.67. The van der Waals surface area contributed by atoms with Gasteiger partial charge in [-0.3, -0.25) is 10.1 Å². The van der Waals surface area contributed by atoms with E-state index in [2.05, 4.69) is 0 Å². The first-order valence-corrected chi connectivity index (χ1v) is 6.16. The van der Waals surface area contributed by atoms with E-state index < -0.39 is 10.9 Å². The predicted molar refractivity (Wildman–Crippen MR) is 76.0 cm³/mol. The van der Waals surface area contributed by atoms with Gasteiger partial charge in [0.25, 0.3) is 5.69 Å². The summed E-state index contributed by atoms with van der Waals surface area (Å²) in [6.07, 6.45) is 0. The summed E-state index contributed by atoms with van der Waals surface area (Å²) in [5.41, 5.74) is 1.20. The highest BCUT2D eigenvalue weighted by molar-refractivity contribution is 5.88. The van der Waals surface area contributed by atoms with Crippen molar-refractivity contribution in [3.63, 3.8) is 0 Å². The van der Waals surface area contributed by atoms with Crippen LogP contribution in [0.4, 0.5) is 5.69 Å². The number of benzene rings is 2. The van der Waals surface area contributed by atoms with Gasteiger partial charge in [0.2, 0.25) is 0 Å². The molecule has 0 atom stereocenters. The fourth-order valence-electron chi connectivity index (χ4n) is 1.93. The van der Waals surface area contributed by atoms with E-state index >= 15 is 0 Å². The van der Waals surface area contributed by atoms with Crippen molar-refractivity contribution < 1.29 is 19.6 Å². The number of rotatable bonds is 4. The Kier molecular flexibility index (Phi) is 3.89. The molecule has 0 heterocycles. The number of aryl methyl sites for hydroxylation is 1. The highest BCUT2D eigenvalue weighted by atomic mass is 16.6. The summed E-state index contributed by atoms with van der Waals surface area (Å²) in [7, 11) is 0. The van der Waals surface area contributed by atoms with Crippen molar-refractivity contribution in [1.29, 1.82) is 0 Å². The van der Waals surface area contributed by atoms with Crippen molar-refractivity contribution in [2.24, 2.45) is 0 Å². The fourth-order valence-corrected chi connectivity index (χ4v) is 1.93. The van der Waals surface area contributed by atoms with Gasteiger partial charge in [0.15, 0.2) is 0 Å². The Morgan fingerprint density at radius 2 is 1.90 bits per heavy atom. The average molecular weight is 287 g/mol. The minimum Gasteiger partial charge on any atom is -0.478 e. The minimum absolute atomic E-state index is 0.0210. The number of ether oxygens (including phenoxy) is 1. The third-order valence-corrected chi connectivity index (χ3v) is 3.09. The maximum Gasteiger partial charge on any atom is 0.335 e. The van der Waals surface area contributed by atoms with Crippen LogP contribution in [-0.2, 0) is 0 Å². The number of carbonyl (C=O) groups is 1. The number of nitro groups is 1. The molecule has 6 heteroatoms. The molecule has 2 aromatic carbocycles. The monoisotopic (exact) mass is 287 g/mol. The van der Waals surface area contributed by atoms with Crippen LogP contribution in [0, 0.1) is 24.0 Å². The van der Waals surface area contributed by atoms with Crippen LogP contribution in [0.3, 0.4) is 0 Å². The topological polar surface area (TPSA) is 89.7 Å². The zero-order valence-corrected chi connectivity index (χ0v) is 11.5. The molecule has 0 fully saturated rings. The second kappa shape index (κ2) is 5.62. The number of hydrogen-bond acceptors (Lipinski definition) is 4. The van der Waals surface area contributed by atoms with Gasteiger partial charge in [-0.15, -0.1) is 0 Å². The summed E-state index contributed by atoms with van der Waals surface area (Å²) in [6, 6.07) is 9.04. The first-order chi connectivity index (χ1) is 9.90. The highest BCUT2D eigenvalue weighted by Crippen LogP contribution is 2.32. The van der Waals surface area contributed by atoms with Crippen LogP contribution in [-0.4, -0.2) is 16.0 Å². The number of carboxylic acids is 1. The first-order valence-electron chi connectivity index (χ1n) is 6.16. The van der Waals surface area contributed by atoms with Crippen molar-refractivity contribution >= 4 is 11.7 Å². The van der Waals surface area contributed by atoms with E-state index in [9.17, 15) is 14.9 Å². The van der Waals surface area contributed by atoms with Crippen molar-refractivity contribution in [1.82, 2.24) is 0 Å². The SMILES string of the molecule is Cc1cc(C(=O)O)ccc1Oc1cccc([N+](=O)[O-])c1C. The van der Waals surface area contributed by atoms with Gasteiger partial charge in [-0.25, -0.2) is 4.79 Å². The predicted octanol–water partition coefficient (Wildman–Crippen LogP) is 3.70. The molecule has 6 nitrogen and oxygen atoms in total. The Bertz CT molecular complexity index is 724. The lowest BCUT2D eigenvalue weighted by molar-refractivity contribution is -0.385. The van der Waals surface area contributed by atoms with Crippen LogP contribution < -0.4 is 4.74 Å². The van der Waals surface area contributed by atoms with Gasteiger partial charge in [0.1, 0.15) is 11.5 Å². The molecule has 2 aromatic rings. The Morgan fingerprint density at radius 3 is 2.48 bits per heavy atom. The molecule has 0 saturated heterocycles. The van der Waals surface area contributed by atoms with E-state index in [0.29, 0.717) is 22.6 Å². The lowest BCUT2D eigenvalue weighted by Gasteiger charge is -2.11. The summed E-state index contributed by atoms with van der Waals surface area (Å²) in [4.78, 5) is 21.3. The van der Waals surface area contributed by atoms with Gasteiger partial charge in [-0.1, -0.05) is 6.07 Å². The van der Waals surface area contributed by atoms with E-state index in [4.69, 9.17) is 9.84 Å². The molecule has 2 rings (SSSR count). The molecule has 0 aliphatic carbocycles. The molecular weight excluding hydrogens is 274 g/mol. The number of carboxylic acid groups (broad SMARTS) is 1. The number of nitrogens with zero attached hydrogens (tertiary/aromatic N) is 1. The molecule has 0 bridgehead atoms. The van der Waals surface area contributed by atoms with E-state index in [-0.39, 0.29) is 11.3 Å². The van der Waals surface area contributed by atoms with Gasteiger partial charge in [-0.2, -0.15) is 0 Å². The van der Waals surface area contributed by atoms with Crippen LogP contribution in [0.25, 0.3) is 0 Å². The largest absolute Gasteiger partial charge is 0.478 e. The lowest BCUT2D eigenvalue weighted by Crippen LogP contribution is -1.98. The Balaban J connectivity index is 2.37. The standard InChI is InChI=1S/C15H13NO5/c1-9-8-11(15(17)18)6-7-13(9)21-14-5-3-4-12(10(14)2)16(19)20/h3-8H,1-2H3,(H,17,18). The summed E-state index contributed by atoms with van der Waals surface area (Å²) >= 11 is 0. The molecule has 0 aliphatic heterocycles. The number of nitro benzene ring substituents is 1. The molecular formula is C15H13NO5.